The van der Waals surface area contributed by atoms with E-state index >= 15 is 0 Å². The zero-order chi connectivity index (χ0) is 25.2. The number of carbonyl (C=O) groups excluding carboxylic acids is 2. The van der Waals surface area contributed by atoms with Crippen molar-refractivity contribution in [1.29, 1.82) is 0 Å². The quantitative estimate of drug-likeness (QED) is 0.449. The fourth-order valence-corrected chi connectivity index (χ4v) is 3.31. The number of carbonyl (C=O) groups is 2. The molecule has 2 amide bonds. The molecule has 3 rings (SSSR count). The molecule has 0 unspecified atom stereocenters. The molecule has 0 aliphatic carbocycles. The molecule has 1 N–H and O–H groups in total. The van der Waals surface area contributed by atoms with Crippen LogP contribution in [0.25, 0.3) is 0 Å². The first-order chi connectivity index (χ1) is 16.8. The number of methoxy groups -OCH3 is 1. The number of anilines is 1. The maximum absolute atomic E-state index is 13.3. The van der Waals surface area contributed by atoms with Gasteiger partial charge in [-0.25, -0.2) is 4.39 Å². The molecule has 184 valence electrons. The number of hydrogen-bond donors (Lipinski definition) is 1. The van der Waals surface area contributed by atoms with Crippen molar-refractivity contribution in [2.24, 2.45) is 0 Å². The van der Waals surface area contributed by atoms with E-state index in [1.165, 1.54) is 12.1 Å². The first kappa shape index (κ1) is 25.7. The van der Waals surface area contributed by atoms with Gasteiger partial charge in [-0.15, -0.1) is 0 Å². The van der Waals surface area contributed by atoms with Gasteiger partial charge in [-0.3, -0.25) is 9.59 Å². The number of rotatable bonds is 11. The Hall–Kier alpha value is -3.91. The minimum absolute atomic E-state index is 0.140. The first-order valence-corrected chi connectivity index (χ1v) is 11.2. The van der Waals surface area contributed by atoms with Crippen LogP contribution in [-0.2, 0) is 11.3 Å². The highest BCUT2D eigenvalue weighted by molar-refractivity contribution is 5.94. The molecule has 0 fully saturated rings. The minimum Gasteiger partial charge on any atom is -0.497 e. The van der Waals surface area contributed by atoms with Crippen LogP contribution in [0, 0.1) is 5.82 Å². The summed E-state index contributed by atoms with van der Waals surface area (Å²) in [6.07, 6.45) is 0. The molecule has 0 saturated carbocycles. The van der Waals surface area contributed by atoms with Crippen LogP contribution in [0.2, 0.25) is 0 Å². The van der Waals surface area contributed by atoms with Crippen molar-refractivity contribution in [3.05, 3.63) is 89.7 Å². The molecule has 35 heavy (non-hydrogen) atoms. The largest absolute Gasteiger partial charge is 0.497 e. The topological polar surface area (TPSA) is 71.1 Å². The molecule has 3 aromatic rings. The van der Waals surface area contributed by atoms with Crippen molar-refractivity contribution in [2.75, 3.05) is 46.2 Å². The number of halogens is 1. The summed E-state index contributed by atoms with van der Waals surface area (Å²) < 4.78 is 24.0. The van der Waals surface area contributed by atoms with Gasteiger partial charge in [0.2, 0.25) is 0 Å². The van der Waals surface area contributed by atoms with Gasteiger partial charge in [0.15, 0.2) is 6.61 Å². The zero-order valence-electron chi connectivity index (χ0n) is 20.2. The van der Waals surface area contributed by atoms with E-state index in [1.54, 1.807) is 72.7 Å². The van der Waals surface area contributed by atoms with E-state index in [4.69, 9.17) is 9.47 Å². The van der Waals surface area contributed by atoms with E-state index in [0.717, 1.165) is 5.56 Å². The van der Waals surface area contributed by atoms with E-state index in [2.05, 4.69) is 5.32 Å². The van der Waals surface area contributed by atoms with Gasteiger partial charge in [0.1, 0.15) is 17.3 Å². The van der Waals surface area contributed by atoms with Crippen LogP contribution in [0.5, 0.6) is 11.5 Å². The van der Waals surface area contributed by atoms with E-state index in [-0.39, 0.29) is 24.2 Å². The lowest BCUT2D eigenvalue weighted by Gasteiger charge is -2.25. The monoisotopic (exact) mass is 479 g/mol. The van der Waals surface area contributed by atoms with E-state index < -0.39 is 0 Å². The maximum Gasteiger partial charge on any atom is 0.262 e. The number of nitrogens with one attached hydrogen (secondary N) is 1. The summed E-state index contributed by atoms with van der Waals surface area (Å²) in [6.45, 7) is 1.40. The molecule has 0 heterocycles. The Morgan fingerprint density at radius 2 is 1.63 bits per heavy atom. The third kappa shape index (κ3) is 8.12. The van der Waals surface area contributed by atoms with Crippen LogP contribution < -0.4 is 14.8 Å². The normalized spacial score (nSPS) is 10.7. The predicted octanol–water partition coefficient (Wildman–Crippen LogP) is 4.06. The molecule has 0 radical (unpaired) electrons. The van der Waals surface area contributed by atoms with Crippen LogP contribution in [0.1, 0.15) is 15.9 Å². The van der Waals surface area contributed by atoms with Crippen molar-refractivity contribution >= 4 is 17.5 Å². The van der Waals surface area contributed by atoms with Crippen LogP contribution in [0.15, 0.2) is 72.8 Å². The van der Waals surface area contributed by atoms with Gasteiger partial charge in [-0.1, -0.05) is 18.2 Å². The van der Waals surface area contributed by atoms with Crippen LogP contribution >= 0.6 is 0 Å². The molecule has 0 atom stereocenters. The highest BCUT2D eigenvalue weighted by Gasteiger charge is 2.17. The SMILES string of the molecule is COc1cccc(NC(=O)COc2ccc(C(=O)N(CCN(C)C)Cc3ccc(F)cc3)cc2)c1. The molecule has 0 aromatic heterocycles. The maximum atomic E-state index is 13.3. The van der Waals surface area contributed by atoms with Crippen molar-refractivity contribution in [3.8, 4) is 11.5 Å². The lowest BCUT2D eigenvalue weighted by atomic mass is 10.1. The second-order valence-electron chi connectivity index (χ2n) is 8.25. The Morgan fingerprint density at radius 1 is 0.914 bits per heavy atom. The van der Waals surface area contributed by atoms with Crippen molar-refractivity contribution < 1.29 is 23.5 Å². The number of benzene rings is 3. The third-order valence-electron chi connectivity index (χ3n) is 5.22. The zero-order valence-corrected chi connectivity index (χ0v) is 20.2. The average Bonchev–Trinajstić information content (AvgIpc) is 2.86. The molecule has 0 aliphatic heterocycles. The average molecular weight is 480 g/mol. The Labute approximate surface area is 205 Å². The van der Waals surface area contributed by atoms with E-state index in [0.29, 0.717) is 42.4 Å². The summed E-state index contributed by atoms with van der Waals surface area (Å²) in [6, 6.07) is 19.8. The summed E-state index contributed by atoms with van der Waals surface area (Å²) in [4.78, 5) is 29.1. The lowest BCUT2D eigenvalue weighted by molar-refractivity contribution is -0.118. The number of hydrogen-bond acceptors (Lipinski definition) is 5. The van der Waals surface area contributed by atoms with Crippen molar-refractivity contribution in [2.45, 2.75) is 6.54 Å². The Kier molecular flexibility index (Phi) is 9.20. The van der Waals surface area contributed by atoms with Gasteiger partial charge in [0, 0.05) is 37.0 Å². The van der Waals surface area contributed by atoms with Crippen LogP contribution in [-0.4, -0.2) is 62.5 Å². The second kappa shape index (κ2) is 12.5. The third-order valence-corrected chi connectivity index (χ3v) is 5.22. The summed E-state index contributed by atoms with van der Waals surface area (Å²) in [5.41, 5.74) is 1.96. The van der Waals surface area contributed by atoms with Crippen LogP contribution in [0.4, 0.5) is 10.1 Å². The fourth-order valence-electron chi connectivity index (χ4n) is 3.31. The van der Waals surface area contributed by atoms with Gasteiger partial charge >= 0.3 is 0 Å². The number of amides is 2. The molecule has 3 aromatic carbocycles. The smallest absolute Gasteiger partial charge is 0.262 e. The fraction of sp³-hybridized carbons (Fsp3) is 0.259. The minimum atomic E-state index is -0.312. The Bertz CT molecular complexity index is 1120. The molecule has 0 spiro atoms. The summed E-state index contributed by atoms with van der Waals surface area (Å²) in [7, 11) is 5.44. The molecule has 0 saturated heterocycles. The van der Waals surface area contributed by atoms with E-state index in [9.17, 15) is 14.0 Å². The predicted molar refractivity (Wildman–Crippen MR) is 133 cm³/mol. The van der Waals surface area contributed by atoms with Gasteiger partial charge in [0.25, 0.3) is 11.8 Å². The van der Waals surface area contributed by atoms with Gasteiger partial charge in [-0.05, 0) is 68.2 Å². The highest BCUT2D eigenvalue weighted by Crippen LogP contribution is 2.18. The van der Waals surface area contributed by atoms with Crippen molar-refractivity contribution in [3.63, 3.8) is 0 Å². The van der Waals surface area contributed by atoms with Crippen molar-refractivity contribution in [1.82, 2.24) is 9.80 Å². The summed E-state index contributed by atoms with van der Waals surface area (Å²) >= 11 is 0. The highest BCUT2D eigenvalue weighted by atomic mass is 19.1. The summed E-state index contributed by atoms with van der Waals surface area (Å²) in [5, 5.41) is 2.75. The second-order valence-corrected chi connectivity index (χ2v) is 8.25. The number of nitrogens with zero attached hydrogens (tertiary/aromatic N) is 2. The first-order valence-electron chi connectivity index (χ1n) is 11.2. The van der Waals surface area contributed by atoms with Crippen LogP contribution in [0.3, 0.4) is 0 Å². The van der Waals surface area contributed by atoms with Gasteiger partial charge in [0.05, 0.1) is 7.11 Å². The molecular weight excluding hydrogens is 449 g/mol. The molecule has 8 heteroatoms. The molecular formula is C27H30FN3O4. The Morgan fingerprint density at radius 3 is 2.29 bits per heavy atom. The number of likely N-dealkylation sites (N-methyl/N-ethyl adjacent to an activating group) is 1. The number of ether oxygens (including phenoxy) is 2. The summed E-state index contributed by atoms with van der Waals surface area (Å²) in [5.74, 6) is 0.350. The van der Waals surface area contributed by atoms with E-state index in [1.807, 2.05) is 19.0 Å². The molecule has 0 aliphatic rings. The Balaban J connectivity index is 1.59. The lowest BCUT2D eigenvalue weighted by Crippen LogP contribution is -2.36. The molecule has 7 nitrogen and oxygen atoms in total. The van der Waals surface area contributed by atoms with Gasteiger partial charge < -0.3 is 24.6 Å². The standard InChI is InChI=1S/C27H30FN3O4/c1-30(2)15-16-31(18-20-7-11-22(28)12-8-20)27(33)21-9-13-24(14-10-21)35-19-26(32)29-23-5-4-6-25(17-23)34-3/h4-14,17H,15-16,18-19H2,1-3H3,(H,29,32). The molecule has 0 bridgehead atoms. The van der Waals surface area contributed by atoms with Gasteiger partial charge in [-0.2, -0.15) is 0 Å².